The van der Waals surface area contributed by atoms with Gasteiger partial charge in [-0.3, -0.25) is 9.48 Å². The number of fused-ring (bicyclic) bond motifs is 1. The Kier molecular flexibility index (Phi) is 5.55. The number of aromatic nitrogens is 2. The van der Waals surface area contributed by atoms with Crippen molar-refractivity contribution in [2.75, 3.05) is 19.7 Å². The summed E-state index contributed by atoms with van der Waals surface area (Å²) in [6.07, 6.45) is 3.49. The van der Waals surface area contributed by atoms with Crippen molar-refractivity contribution in [3.8, 4) is 11.5 Å². The van der Waals surface area contributed by atoms with E-state index in [1.807, 2.05) is 48.1 Å². The van der Waals surface area contributed by atoms with E-state index in [1.54, 1.807) is 6.20 Å². The summed E-state index contributed by atoms with van der Waals surface area (Å²) < 4.78 is 13.3. The molecule has 3 atom stereocenters. The van der Waals surface area contributed by atoms with Crippen LogP contribution < -0.4 is 20.1 Å². The number of ether oxygens (including phenoxy) is 2. The van der Waals surface area contributed by atoms with Crippen LogP contribution in [0.2, 0.25) is 0 Å². The summed E-state index contributed by atoms with van der Waals surface area (Å²) in [6, 6.07) is 9.71. The van der Waals surface area contributed by atoms with Gasteiger partial charge >= 0.3 is 0 Å². The predicted molar refractivity (Wildman–Crippen MR) is 93.8 cm³/mol. The molecule has 7 nitrogen and oxygen atoms in total. The SMILES string of the molecule is CC(NCC(=O)NCC1COc2ccccc2O1)C(C)n1cccn1. The molecule has 134 valence electrons. The zero-order valence-corrected chi connectivity index (χ0v) is 14.5. The van der Waals surface area contributed by atoms with Crippen molar-refractivity contribution in [1.29, 1.82) is 0 Å². The summed E-state index contributed by atoms with van der Waals surface area (Å²) in [7, 11) is 0. The molecule has 0 fully saturated rings. The minimum atomic E-state index is -0.181. The summed E-state index contributed by atoms with van der Waals surface area (Å²) in [5, 5.41) is 10.3. The summed E-state index contributed by atoms with van der Waals surface area (Å²) in [6.45, 7) is 5.19. The Hall–Kier alpha value is -2.54. The summed E-state index contributed by atoms with van der Waals surface area (Å²) in [4.78, 5) is 12.1. The van der Waals surface area contributed by atoms with Gasteiger partial charge in [-0.1, -0.05) is 12.1 Å². The number of benzene rings is 1. The number of rotatable bonds is 7. The quantitative estimate of drug-likeness (QED) is 0.793. The van der Waals surface area contributed by atoms with Crippen LogP contribution >= 0.6 is 0 Å². The molecule has 7 heteroatoms. The van der Waals surface area contributed by atoms with E-state index >= 15 is 0 Å². The molecule has 25 heavy (non-hydrogen) atoms. The minimum absolute atomic E-state index is 0.0676. The number of carbonyl (C=O) groups is 1. The Balaban J connectivity index is 1.39. The maximum atomic E-state index is 12.1. The number of nitrogens with zero attached hydrogens (tertiary/aromatic N) is 2. The van der Waals surface area contributed by atoms with Gasteiger partial charge in [0.25, 0.3) is 0 Å². The lowest BCUT2D eigenvalue weighted by atomic mass is 10.2. The van der Waals surface area contributed by atoms with Crippen LogP contribution in [0.3, 0.4) is 0 Å². The molecule has 1 aliphatic heterocycles. The van der Waals surface area contributed by atoms with E-state index in [0.29, 0.717) is 18.9 Å². The summed E-state index contributed by atoms with van der Waals surface area (Å²) in [5.74, 6) is 1.39. The zero-order valence-electron chi connectivity index (χ0n) is 14.5. The highest BCUT2D eigenvalue weighted by molar-refractivity contribution is 5.78. The van der Waals surface area contributed by atoms with E-state index in [2.05, 4.69) is 22.7 Å². The molecular formula is C18H24N4O3. The van der Waals surface area contributed by atoms with E-state index in [4.69, 9.17) is 9.47 Å². The molecule has 0 bridgehead atoms. The molecule has 1 aromatic heterocycles. The van der Waals surface area contributed by atoms with Crippen LogP contribution in [0.25, 0.3) is 0 Å². The van der Waals surface area contributed by atoms with Crippen LogP contribution in [0.4, 0.5) is 0 Å². The molecule has 2 N–H and O–H groups in total. The fraction of sp³-hybridized carbons (Fsp3) is 0.444. The Morgan fingerprint density at radius 1 is 1.32 bits per heavy atom. The maximum absolute atomic E-state index is 12.1. The number of hydrogen-bond acceptors (Lipinski definition) is 5. The van der Waals surface area contributed by atoms with Gasteiger partial charge in [-0.2, -0.15) is 5.10 Å². The van der Waals surface area contributed by atoms with Crippen molar-refractivity contribution in [3.63, 3.8) is 0 Å². The third-order valence-electron chi connectivity index (χ3n) is 4.34. The van der Waals surface area contributed by atoms with Gasteiger partial charge in [0.1, 0.15) is 12.7 Å². The van der Waals surface area contributed by atoms with Gasteiger partial charge in [0, 0.05) is 18.4 Å². The van der Waals surface area contributed by atoms with Crippen molar-refractivity contribution in [3.05, 3.63) is 42.7 Å². The summed E-state index contributed by atoms with van der Waals surface area (Å²) >= 11 is 0. The lowest BCUT2D eigenvalue weighted by Crippen LogP contribution is -2.45. The van der Waals surface area contributed by atoms with Crippen LogP contribution in [-0.4, -0.2) is 47.5 Å². The van der Waals surface area contributed by atoms with Crippen LogP contribution in [0, 0.1) is 0 Å². The third kappa shape index (κ3) is 4.51. The van der Waals surface area contributed by atoms with Crippen LogP contribution in [0.15, 0.2) is 42.7 Å². The van der Waals surface area contributed by atoms with Crippen LogP contribution in [-0.2, 0) is 4.79 Å². The van der Waals surface area contributed by atoms with Crippen LogP contribution in [0.1, 0.15) is 19.9 Å². The second-order valence-corrected chi connectivity index (χ2v) is 6.20. The number of para-hydroxylation sites is 2. The fourth-order valence-corrected chi connectivity index (χ4v) is 2.63. The number of hydrogen-bond donors (Lipinski definition) is 2. The number of nitrogens with one attached hydrogen (secondary N) is 2. The van der Waals surface area contributed by atoms with E-state index in [-0.39, 0.29) is 30.6 Å². The van der Waals surface area contributed by atoms with Gasteiger partial charge < -0.3 is 20.1 Å². The fourth-order valence-electron chi connectivity index (χ4n) is 2.63. The predicted octanol–water partition coefficient (Wildman–Crippen LogP) is 1.38. The Morgan fingerprint density at radius 2 is 2.12 bits per heavy atom. The maximum Gasteiger partial charge on any atom is 0.234 e. The van der Waals surface area contributed by atoms with Gasteiger partial charge in [0.05, 0.1) is 19.1 Å². The number of amides is 1. The van der Waals surface area contributed by atoms with Crippen molar-refractivity contribution in [2.24, 2.45) is 0 Å². The molecule has 3 unspecified atom stereocenters. The van der Waals surface area contributed by atoms with Crippen molar-refractivity contribution in [1.82, 2.24) is 20.4 Å². The molecule has 0 saturated heterocycles. The number of carbonyl (C=O) groups excluding carboxylic acids is 1. The van der Waals surface area contributed by atoms with Gasteiger partial charge in [-0.25, -0.2) is 0 Å². The molecule has 0 saturated carbocycles. The largest absolute Gasteiger partial charge is 0.486 e. The molecule has 1 aromatic carbocycles. The molecule has 1 aliphatic rings. The minimum Gasteiger partial charge on any atom is -0.486 e. The lowest BCUT2D eigenvalue weighted by molar-refractivity contribution is -0.120. The normalized spacial score (nSPS) is 18.4. The average Bonchev–Trinajstić information content (AvgIpc) is 3.18. The zero-order chi connectivity index (χ0) is 17.6. The van der Waals surface area contributed by atoms with Gasteiger partial charge in [-0.05, 0) is 32.0 Å². The average molecular weight is 344 g/mol. The topological polar surface area (TPSA) is 77.4 Å². The Labute approximate surface area is 147 Å². The summed E-state index contributed by atoms with van der Waals surface area (Å²) in [5.41, 5.74) is 0. The second kappa shape index (κ2) is 8.02. The molecule has 3 rings (SSSR count). The third-order valence-corrected chi connectivity index (χ3v) is 4.34. The second-order valence-electron chi connectivity index (χ2n) is 6.20. The van der Waals surface area contributed by atoms with E-state index in [9.17, 15) is 4.79 Å². The Bertz CT molecular complexity index is 689. The molecule has 2 heterocycles. The molecule has 1 amide bonds. The van der Waals surface area contributed by atoms with Crippen molar-refractivity contribution >= 4 is 5.91 Å². The highest BCUT2D eigenvalue weighted by Gasteiger charge is 2.21. The lowest BCUT2D eigenvalue weighted by Gasteiger charge is -2.26. The van der Waals surface area contributed by atoms with Crippen molar-refractivity contribution in [2.45, 2.75) is 32.0 Å². The molecular weight excluding hydrogens is 320 g/mol. The first-order chi connectivity index (χ1) is 12.1. The Morgan fingerprint density at radius 3 is 2.88 bits per heavy atom. The standard InChI is InChI=1S/C18H24N4O3/c1-13(14(2)22-9-5-8-21-22)19-11-18(23)20-10-15-12-24-16-6-3-4-7-17(16)25-15/h3-9,13-15,19H,10-12H2,1-2H3,(H,20,23). The highest BCUT2D eigenvalue weighted by atomic mass is 16.6. The smallest absolute Gasteiger partial charge is 0.234 e. The molecule has 0 spiro atoms. The molecule has 2 aromatic rings. The van der Waals surface area contributed by atoms with Gasteiger partial charge in [0.15, 0.2) is 11.5 Å². The van der Waals surface area contributed by atoms with Crippen molar-refractivity contribution < 1.29 is 14.3 Å². The monoisotopic (exact) mass is 344 g/mol. The van der Waals surface area contributed by atoms with Gasteiger partial charge in [0.2, 0.25) is 5.91 Å². The van der Waals surface area contributed by atoms with E-state index in [0.717, 1.165) is 5.75 Å². The first-order valence-electron chi connectivity index (χ1n) is 8.51. The van der Waals surface area contributed by atoms with Gasteiger partial charge in [-0.15, -0.1) is 0 Å². The molecule has 0 radical (unpaired) electrons. The highest BCUT2D eigenvalue weighted by Crippen LogP contribution is 2.30. The van der Waals surface area contributed by atoms with Crippen LogP contribution in [0.5, 0.6) is 11.5 Å². The first-order valence-corrected chi connectivity index (χ1v) is 8.51. The first kappa shape index (κ1) is 17.3. The van der Waals surface area contributed by atoms with E-state index in [1.165, 1.54) is 0 Å². The molecule has 0 aliphatic carbocycles. The van der Waals surface area contributed by atoms with E-state index < -0.39 is 0 Å².